The molecule has 0 unspecified atom stereocenters. The molecule has 1 aromatic rings. The van der Waals surface area contributed by atoms with Crippen molar-refractivity contribution in [1.29, 1.82) is 0 Å². The predicted octanol–water partition coefficient (Wildman–Crippen LogP) is 3.72. The minimum Gasteiger partial charge on any atom is -0.444 e. The summed E-state index contributed by atoms with van der Waals surface area (Å²) in [7, 11) is 0. The van der Waals surface area contributed by atoms with Crippen LogP contribution in [0.15, 0.2) is 30.3 Å². The van der Waals surface area contributed by atoms with Crippen molar-refractivity contribution in [3.8, 4) is 0 Å². The van der Waals surface area contributed by atoms with Gasteiger partial charge in [-0.2, -0.15) is 0 Å². The molecular formula is C21H32N2O3. The number of rotatable bonds is 4. The molecule has 1 aromatic carbocycles. The van der Waals surface area contributed by atoms with Crippen LogP contribution in [0.2, 0.25) is 0 Å². The van der Waals surface area contributed by atoms with Crippen LogP contribution in [0, 0.1) is 0 Å². The Kier molecular flexibility index (Phi) is 5.88. The van der Waals surface area contributed by atoms with Crippen LogP contribution in [0.3, 0.4) is 0 Å². The van der Waals surface area contributed by atoms with Gasteiger partial charge in [-0.3, -0.25) is 0 Å². The number of carbonyl (C=O) groups is 1. The lowest BCUT2D eigenvalue weighted by molar-refractivity contribution is 0.0150. The van der Waals surface area contributed by atoms with Crippen LogP contribution < -0.4 is 5.32 Å². The minimum absolute atomic E-state index is 0.166. The fourth-order valence-electron chi connectivity index (χ4n) is 3.88. The molecule has 1 N–H and O–H groups in total. The standard InChI is InChI=1S/C21H32N2O3/c1-20(2,3)26-19(24)23-13-11-21(12-14-23)10-9-18(22-21)16-25-15-17-7-5-4-6-8-17/h4-8,18,22H,9-16H2,1-3H3/t18-/m1/s1. The van der Waals surface area contributed by atoms with Gasteiger partial charge >= 0.3 is 6.09 Å². The lowest BCUT2D eigenvalue weighted by atomic mass is 9.86. The summed E-state index contributed by atoms with van der Waals surface area (Å²) in [5.41, 5.74) is 0.948. The summed E-state index contributed by atoms with van der Waals surface area (Å²) < 4.78 is 11.4. The summed E-state index contributed by atoms with van der Waals surface area (Å²) in [5.74, 6) is 0. The second-order valence-corrected chi connectivity index (χ2v) is 8.63. The van der Waals surface area contributed by atoms with Gasteiger partial charge in [-0.1, -0.05) is 30.3 Å². The molecule has 5 heteroatoms. The van der Waals surface area contributed by atoms with E-state index in [-0.39, 0.29) is 11.6 Å². The Morgan fingerprint density at radius 3 is 2.54 bits per heavy atom. The second kappa shape index (κ2) is 7.97. The van der Waals surface area contributed by atoms with Crippen molar-refractivity contribution in [2.45, 2.75) is 70.2 Å². The van der Waals surface area contributed by atoms with E-state index in [1.165, 1.54) is 5.56 Å². The summed E-state index contributed by atoms with van der Waals surface area (Å²) in [5, 5.41) is 3.80. The number of likely N-dealkylation sites (tertiary alicyclic amines) is 1. The maximum atomic E-state index is 12.2. The molecule has 1 spiro atoms. The first-order chi connectivity index (χ1) is 12.4. The van der Waals surface area contributed by atoms with Crippen molar-refractivity contribution in [1.82, 2.24) is 10.2 Å². The number of benzene rings is 1. The van der Waals surface area contributed by atoms with Crippen LogP contribution in [0.5, 0.6) is 0 Å². The summed E-state index contributed by atoms with van der Waals surface area (Å²) in [6.45, 7) is 8.67. The van der Waals surface area contributed by atoms with Gasteiger partial charge in [-0.25, -0.2) is 4.79 Å². The van der Waals surface area contributed by atoms with E-state index < -0.39 is 5.60 Å². The highest BCUT2D eigenvalue weighted by Gasteiger charge is 2.42. The maximum absolute atomic E-state index is 12.2. The summed E-state index contributed by atoms with van der Waals surface area (Å²) in [6.07, 6.45) is 4.09. The molecule has 2 fully saturated rings. The molecule has 2 aliphatic heterocycles. The Bertz CT molecular complexity index is 589. The molecule has 3 rings (SSSR count). The van der Waals surface area contributed by atoms with Gasteiger partial charge in [0.1, 0.15) is 5.60 Å². The Hall–Kier alpha value is -1.59. The number of nitrogens with zero attached hydrogens (tertiary/aromatic N) is 1. The number of hydrogen-bond donors (Lipinski definition) is 1. The minimum atomic E-state index is -0.432. The number of nitrogens with one attached hydrogen (secondary N) is 1. The van der Waals surface area contributed by atoms with E-state index >= 15 is 0 Å². The fraction of sp³-hybridized carbons (Fsp3) is 0.667. The van der Waals surface area contributed by atoms with E-state index in [9.17, 15) is 4.79 Å². The molecule has 2 saturated heterocycles. The van der Waals surface area contributed by atoms with Crippen LogP contribution in [-0.2, 0) is 16.1 Å². The van der Waals surface area contributed by atoms with Crippen molar-refractivity contribution in [2.24, 2.45) is 0 Å². The van der Waals surface area contributed by atoms with Gasteiger partial charge in [0.2, 0.25) is 0 Å². The fourth-order valence-corrected chi connectivity index (χ4v) is 3.88. The highest BCUT2D eigenvalue weighted by molar-refractivity contribution is 5.68. The summed E-state index contributed by atoms with van der Waals surface area (Å²) >= 11 is 0. The molecule has 0 radical (unpaired) electrons. The van der Waals surface area contributed by atoms with Crippen molar-refractivity contribution in [2.75, 3.05) is 19.7 Å². The van der Waals surface area contributed by atoms with E-state index in [4.69, 9.17) is 9.47 Å². The monoisotopic (exact) mass is 360 g/mol. The zero-order valence-electron chi connectivity index (χ0n) is 16.3. The SMILES string of the molecule is CC(C)(C)OC(=O)N1CCC2(CC[C@H](COCc3ccccc3)N2)CC1. The second-order valence-electron chi connectivity index (χ2n) is 8.63. The quantitative estimate of drug-likeness (QED) is 0.889. The number of hydrogen-bond acceptors (Lipinski definition) is 4. The average Bonchev–Trinajstić information content (AvgIpc) is 2.97. The largest absolute Gasteiger partial charge is 0.444 e. The highest BCUT2D eigenvalue weighted by atomic mass is 16.6. The van der Waals surface area contributed by atoms with Gasteiger partial charge in [-0.05, 0) is 52.0 Å². The molecule has 144 valence electrons. The van der Waals surface area contributed by atoms with E-state index in [0.29, 0.717) is 12.6 Å². The molecule has 0 saturated carbocycles. The van der Waals surface area contributed by atoms with E-state index in [2.05, 4.69) is 17.4 Å². The highest BCUT2D eigenvalue weighted by Crippen LogP contribution is 2.34. The van der Waals surface area contributed by atoms with Crippen molar-refractivity contribution in [3.63, 3.8) is 0 Å². The van der Waals surface area contributed by atoms with Gasteiger partial charge in [-0.15, -0.1) is 0 Å². The third kappa shape index (κ3) is 5.21. The molecule has 2 heterocycles. The van der Waals surface area contributed by atoms with Crippen LogP contribution in [0.1, 0.15) is 52.0 Å². The van der Waals surface area contributed by atoms with Crippen molar-refractivity contribution < 1.29 is 14.3 Å². The van der Waals surface area contributed by atoms with Gasteiger partial charge in [0, 0.05) is 24.7 Å². The molecule has 5 nitrogen and oxygen atoms in total. The van der Waals surface area contributed by atoms with Crippen LogP contribution in [0.4, 0.5) is 4.79 Å². The Balaban J connectivity index is 1.40. The third-order valence-electron chi connectivity index (χ3n) is 5.28. The molecule has 0 aliphatic carbocycles. The first kappa shape index (κ1) is 19.2. The Morgan fingerprint density at radius 1 is 1.19 bits per heavy atom. The predicted molar refractivity (Wildman–Crippen MR) is 102 cm³/mol. The van der Waals surface area contributed by atoms with E-state index in [0.717, 1.165) is 45.4 Å². The number of ether oxygens (including phenoxy) is 2. The normalized spacial score (nSPS) is 22.6. The Morgan fingerprint density at radius 2 is 1.88 bits per heavy atom. The lowest BCUT2D eigenvalue weighted by Crippen LogP contribution is -2.53. The zero-order valence-corrected chi connectivity index (χ0v) is 16.3. The average molecular weight is 360 g/mol. The van der Waals surface area contributed by atoms with E-state index in [1.54, 1.807) is 0 Å². The zero-order chi connectivity index (χ0) is 18.6. The molecule has 26 heavy (non-hydrogen) atoms. The van der Waals surface area contributed by atoms with Crippen LogP contribution >= 0.6 is 0 Å². The summed E-state index contributed by atoms with van der Waals surface area (Å²) in [6, 6.07) is 10.7. The molecule has 1 amide bonds. The van der Waals surface area contributed by atoms with Crippen molar-refractivity contribution in [3.05, 3.63) is 35.9 Å². The lowest BCUT2D eigenvalue weighted by Gasteiger charge is -2.40. The summed E-state index contributed by atoms with van der Waals surface area (Å²) in [4.78, 5) is 14.1. The van der Waals surface area contributed by atoms with Gasteiger partial charge in [0.05, 0.1) is 13.2 Å². The number of piperidine rings is 1. The molecule has 0 aromatic heterocycles. The van der Waals surface area contributed by atoms with Gasteiger partial charge in [0.15, 0.2) is 0 Å². The third-order valence-corrected chi connectivity index (χ3v) is 5.28. The van der Waals surface area contributed by atoms with E-state index in [1.807, 2.05) is 43.9 Å². The molecule has 2 aliphatic rings. The first-order valence-electron chi connectivity index (χ1n) is 9.73. The van der Waals surface area contributed by atoms with Gasteiger partial charge in [0.25, 0.3) is 0 Å². The maximum Gasteiger partial charge on any atom is 0.410 e. The van der Waals surface area contributed by atoms with Crippen LogP contribution in [-0.4, -0.2) is 47.9 Å². The topological polar surface area (TPSA) is 50.8 Å². The number of amides is 1. The smallest absolute Gasteiger partial charge is 0.410 e. The molecular weight excluding hydrogens is 328 g/mol. The van der Waals surface area contributed by atoms with Gasteiger partial charge < -0.3 is 19.7 Å². The van der Waals surface area contributed by atoms with Crippen molar-refractivity contribution >= 4 is 6.09 Å². The first-order valence-corrected chi connectivity index (χ1v) is 9.73. The molecule has 1 atom stereocenters. The van der Waals surface area contributed by atoms with Crippen LogP contribution in [0.25, 0.3) is 0 Å². The number of carbonyl (C=O) groups excluding carboxylic acids is 1. The molecule has 0 bridgehead atoms. The Labute approximate surface area is 157 Å².